The van der Waals surface area contributed by atoms with Gasteiger partial charge in [-0.15, -0.1) is 0 Å². The van der Waals surface area contributed by atoms with E-state index in [0.29, 0.717) is 32.7 Å². The van der Waals surface area contributed by atoms with E-state index >= 15 is 0 Å². The van der Waals surface area contributed by atoms with Gasteiger partial charge in [0, 0.05) is 26.1 Å². The van der Waals surface area contributed by atoms with Crippen LogP contribution in [0.2, 0.25) is 0 Å². The highest BCUT2D eigenvalue weighted by Gasteiger charge is 2.25. The van der Waals surface area contributed by atoms with Gasteiger partial charge < -0.3 is 14.7 Å². The van der Waals surface area contributed by atoms with Crippen LogP contribution in [0, 0.1) is 5.82 Å². The zero-order valence-corrected chi connectivity index (χ0v) is 18.5. The fourth-order valence-corrected chi connectivity index (χ4v) is 3.90. The lowest BCUT2D eigenvalue weighted by molar-refractivity contribution is -0.00649. The Labute approximate surface area is 194 Å². The van der Waals surface area contributed by atoms with Crippen molar-refractivity contribution in [1.29, 1.82) is 0 Å². The lowest BCUT2D eigenvalue weighted by Crippen LogP contribution is -2.39. The Balaban J connectivity index is 1.33. The molecule has 0 unspecified atom stereocenters. The molecule has 5 nitrogen and oxygen atoms in total. The van der Waals surface area contributed by atoms with E-state index in [2.05, 4.69) is 10.1 Å². The second-order valence-corrected chi connectivity index (χ2v) is 8.31. The van der Waals surface area contributed by atoms with Crippen molar-refractivity contribution in [3.05, 3.63) is 107 Å². The summed E-state index contributed by atoms with van der Waals surface area (Å²) in [4.78, 5) is 7.81. The third kappa shape index (κ3) is 7.22. The fourth-order valence-electron chi connectivity index (χ4n) is 3.90. The van der Waals surface area contributed by atoms with Crippen LogP contribution >= 0.6 is 0 Å². The molecule has 6 heteroatoms. The zero-order valence-electron chi connectivity index (χ0n) is 18.5. The predicted molar refractivity (Wildman–Crippen MR) is 126 cm³/mol. The number of halogens is 1. The normalized spacial score (nSPS) is 16.5. The molecule has 0 aliphatic carbocycles. The minimum atomic E-state index is -0.662. The van der Waals surface area contributed by atoms with E-state index in [9.17, 15) is 9.50 Å². The Bertz CT molecular complexity index is 1010. The average molecular weight is 449 g/mol. The molecule has 0 amide bonds. The fraction of sp³-hybridized carbons (Fsp3) is 0.296. The van der Waals surface area contributed by atoms with Crippen LogP contribution < -0.4 is 0 Å². The highest BCUT2D eigenvalue weighted by Crippen LogP contribution is 2.19. The Morgan fingerprint density at radius 1 is 0.970 bits per heavy atom. The summed E-state index contributed by atoms with van der Waals surface area (Å²) >= 11 is 0. The van der Waals surface area contributed by atoms with E-state index < -0.39 is 6.10 Å². The van der Waals surface area contributed by atoms with Crippen LogP contribution in [0.1, 0.15) is 23.1 Å². The van der Waals surface area contributed by atoms with E-state index in [1.54, 1.807) is 12.1 Å². The Kier molecular flexibility index (Phi) is 8.19. The minimum absolute atomic E-state index is 0.113. The van der Waals surface area contributed by atoms with Gasteiger partial charge in [0.2, 0.25) is 0 Å². The van der Waals surface area contributed by atoms with Gasteiger partial charge in [0.25, 0.3) is 0 Å². The number of rotatable bonds is 11. The van der Waals surface area contributed by atoms with E-state index in [1.807, 2.05) is 60.7 Å². The summed E-state index contributed by atoms with van der Waals surface area (Å²) in [6.07, 6.45) is -0.0759. The molecule has 0 spiro atoms. The summed E-state index contributed by atoms with van der Waals surface area (Å²) in [6, 6.07) is 26.3. The number of nitrogens with zero attached hydrogens (tertiary/aromatic N) is 2. The van der Waals surface area contributed by atoms with Crippen LogP contribution in [0.4, 0.5) is 4.39 Å². The molecule has 0 bridgehead atoms. The van der Waals surface area contributed by atoms with Crippen molar-refractivity contribution in [2.45, 2.75) is 31.8 Å². The van der Waals surface area contributed by atoms with Gasteiger partial charge in [0.15, 0.2) is 0 Å². The number of ether oxygens (including phenoxy) is 1. The maximum atomic E-state index is 13.3. The minimum Gasteiger partial charge on any atom is -0.390 e. The van der Waals surface area contributed by atoms with Crippen molar-refractivity contribution in [2.75, 3.05) is 19.7 Å². The first-order valence-electron chi connectivity index (χ1n) is 11.2. The predicted octanol–water partition coefficient (Wildman–Crippen LogP) is 4.40. The number of oxime groups is 1. The first-order chi connectivity index (χ1) is 16.2. The third-order valence-corrected chi connectivity index (χ3v) is 5.51. The van der Waals surface area contributed by atoms with Crippen LogP contribution in [-0.2, 0) is 22.7 Å². The Morgan fingerprint density at radius 3 is 2.39 bits per heavy atom. The van der Waals surface area contributed by atoms with Crippen molar-refractivity contribution in [2.24, 2.45) is 5.16 Å². The molecule has 0 saturated carbocycles. The van der Waals surface area contributed by atoms with Crippen LogP contribution in [0.5, 0.6) is 0 Å². The number of benzene rings is 3. The van der Waals surface area contributed by atoms with Crippen molar-refractivity contribution in [1.82, 2.24) is 4.90 Å². The van der Waals surface area contributed by atoms with E-state index in [1.165, 1.54) is 12.1 Å². The Hall–Kier alpha value is -3.06. The quantitative estimate of drug-likeness (QED) is 0.473. The highest BCUT2D eigenvalue weighted by atomic mass is 19.1. The monoisotopic (exact) mass is 448 g/mol. The molecule has 1 aliphatic heterocycles. The van der Waals surface area contributed by atoms with Crippen molar-refractivity contribution >= 4 is 5.71 Å². The van der Waals surface area contributed by atoms with Gasteiger partial charge in [-0.2, -0.15) is 0 Å². The molecule has 3 aromatic carbocycles. The number of hydrogen-bond acceptors (Lipinski definition) is 5. The van der Waals surface area contributed by atoms with Gasteiger partial charge in [-0.1, -0.05) is 78.0 Å². The van der Waals surface area contributed by atoms with E-state index in [0.717, 1.165) is 22.4 Å². The van der Waals surface area contributed by atoms with E-state index in [-0.39, 0.29) is 18.5 Å². The third-order valence-electron chi connectivity index (χ3n) is 5.51. The van der Waals surface area contributed by atoms with Gasteiger partial charge in [-0.25, -0.2) is 4.39 Å². The van der Waals surface area contributed by atoms with Crippen molar-refractivity contribution < 1.29 is 19.1 Å². The van der Waals surface area contributed by atoms with Gasteiger partial charge in [-0.3, -0.25) is 4.90 Å². The summed E-state index contributed by atoms with van der Waals surface area (Å²) in [5, 5.41) is 14.9. The van der Waals surface area contributed by atoms with Gasteiger partial charge in [-0.05, 0) is 28.8 Å². The summed E-state index contributed by atoms with van der Waals surface area (Å²) in [7, 11) is 0. The molecule has 1 N–H and O–H groups in total. The second-order valence-electron chi connectivity index (χ2n) is 8.31. The lowest BCUT2D eigenvalue weighted by Gasteiger charge is -2.27. The summed E-state index contributed by atoms with van der Waals surface area (Å²) in [5.41, 5.74) is 4.02. The highest BCUT2D eigenvalue weighted by molar-refractivity contribution is 6.01. The van der Waals surface area contributed by atoms with Crippen LogP contribution in [0.25, 0.3) is 0 Å². The van der Waals surface area contributed by atoms with Gasteiger partial charge in [0.05, 0.1) is 25.0 Å². The molecule has 1 aliphatic rings. The molecule has 1 heterocycles. The summed E-state index contributed by atoms with van der Waals surface area (Å²) in [5.74, 6) is -0.264. The molecule has 0 radical (unpaired) electrons. The number of aliphatic hydroxyl groups excluding tert-OH is 1. The molecule has 33 heavy (non-hydrogen) atoms. The number of aliphatic hydroxyl groups is 1. The molecule has 2 atom stereocenters. The maximum Gasteiger partial charge on any atom is 0.145 e. The van der Waals surface area contributed by atoms with Crippen LogP contribution in [0.15, 0.2) is 90.1 Å². The molecule has 0 aromatic heterocycles. The molecule has 4 rings (SSSR count). The average Bonchev–Trinajstić information content (AvgIpc) is 3.30. The SMILES string of the molecule is O[C@@H](COCc1ccccc1)CN(Cc1ccc(F)cc1)C[C@@H]1CC(c2ccccc2)=NO1. The molecule has 0 saturated heterocycles. The molecular formula is C27H29FN2O3. The van der Waals surface area contributed by atoms with Crippen molar-refractivity contribution in [3.63, 3.8) is 0 Å². The van der Waals surface area contributed by atoms with Crippen LogP contribution in [0.3, 0.4) is 0 Å². The van der Waals surface area contributed by atoms with Gasteiger partial charge >= 0.3 is 0 Å². The first kappa shape index (κ1) is 23.1. The van der Waals surface area contributed by atoms with Crippen LogP contribution in [-0.4, -0.2) is 47.6 Å². The maximum absolute atomic E-state index is 13.3. The molecule has 0 fully saturated rings. The lowest BCUT2D eigenvalue weighted by atomic mass is 10.0. The topological polar surface area (TPSA) is 54.3 Å². The number of hydrogen-bond donors (Lipinski definition) is 1. The first-order valence-corrected chi connectivity index (χ1v) is 11.2. The molecule has 172 valence electrons. The second kappa shape index (κ2) is 11.7. The van der Waals surface area contributed by atoms with Gasteiger partial charge in [0.1, 0.15) is 11.9 Å². The summed E-state index contributed by atoms with van der Waals surface area (Å²) < 4.78 is 19.1. The molecule has 3 aromatic rings. The summed E-state index contributed by atoms with van der Waals surface area (Å²) in [6.45, 7) is 2.25. The smallest absolute Gasteiger partial charge is 0.145 e. The van der Waals surface area contributed by atoms with E-state index in [4.69, 9.17) is 9.57 Å². The molecular weight excluding hydrogens is 419 g/mol. The zero-order chi connectivity index (χ0) is 22.9. The largest absolute Gasteiger partial charge is 0.390 e. The standard InChI is InChI=1S/C27H29FN2O3/c28-24-13-11-21(12-14-24)16-30(17-25(31)20-32-19-22-7-3-1-4-8-22)18-26-15-27(29-33-26)23-9-5-2-6-10-23/h1-14,25-26,31H,15-20H2/t25-,26+/m1/s1. The Morgan fingerprint density at radius 2 is 1.67 bits per heavy atom. The van der Waals surface area contributed by atoms with Crippen molar-refractivity contribution in [3.8, 4) is 0 Å².